The van der Waals surface area contributed by atoms with Crippen molar-refractivity contribution in [3.8, 4) is 5.75 Å². The quantitative estimate of drug-likeness (QED) is 0.800. The molecule has 0 unspecified atom stereocenters. The molecule has 0 bridgehead atoms. The molecule has 7 heteroatoms. The van der Waals surface area contributed by atoms with Crippen molar-refractivity contribution in [3.63, 3.8) is 0 Å². The van der Waals surface area contributed by atoms with Gasteiger partial charge in [-0.2, -0.15) is 0 Å². The van der Waals surface area contributed by atoms with Crippen LogP contribution < -0.4 is 10.1 Å². The molecule has 0 spiro atoms. The van der Waals surface area contributed by atoms with Crippen LogP contribution in [0.15, 0.2) is 24.3 Å². The van der Waals surface area contributed by atoms with E-state index in [9.17, 15) is 9.59 Å². The van der Waals surface area contributed by atoms with Crippen molar-refractivity contribution < 1.29 is 19.1 Å². The standard InChI is InChI=1S/C20H31N3O4/c1-5-6-16-7-9-17(10-8-16)26-15-21-18(24)22-11-13-23(14-12-22)19(25)27-20(2,3)4/h7-10H,5-6,11-15H2,1-4H3,(H,21,24). The fourth-order valence-corrected chi connectivity index (χ4v) is 2.75. The summed E-state index contributed by atoms with van der Waals surface area (Å²) in [5.74, 6) is 0.727. The molecular formula is C20H31N3O4. The van der Waals surface area contributed by atoms with Gasteiger partial charge < -0.3 is 24.6 Å². The number of rotatable bonds is 5. The first-order valence-electron chi connectivity index (χ1n) is 9.51. The van der Waals surface area contributed by atoms with Crippen LogP contribution in [0.4, 0.5) is 9.59 Å². The van der Waals surface area contributed by atoms with Crippen molar-refractivity contribution in [2.75, 3.05) is 32.9 Å². The van der Waals surface area contributed by atoms with Crippen LogP contribution in [0.5, 0.6) is 5.75 Å². The Labute approximate surface area is 161 Å². The normalized spacial score (nSPS) is 14.7. The molecule has 1 aliphatic heterocycles. The van der Waals surface area contributed by atoms with Crippen LogP contribution in [0.1, 0.15) is 39.7 Å². The van der Waals surface area contributed by atoms with Crippen molar-refractivity contribution in [2.24, 2.45) is 0 Å². The van der Waals surface area contributed by atoms with E-state index in [0.717, 1.165) is 18.6 Å². The van der Waals surface area contributed by atoms with Gasteiger partial charge in [0.2, 0.25) is 0 Å². The molecule has 0 saturated carbocycles. The van der Waals surface area contributed by atoms with Gasteiger partial charge in [0, 0.05) is 26.2 Å². The van der Waals surface area contributed by atoms with E-state index in [-0.39, 0.29) is 18.9 Å². The second-order valence-electron chi connectivity index (χ2n) is 7.62. The first-order chi connectivity index (χ1) is 12.8. The molecule has 0 atom stereocenters. The Hall–Kier alpha value is -2.44. The Morgan fingerprint density at radius 2 is 1.63 bits per heavy atom. The summed E-state index contributed by atoms with van der Waals surface area (Å²) in [7, 11) is 0. The first-order valence-corrected chi connectivity index (χ1v) is 9.51. The van der Waals surface area contributed by atoms with Gasteiger partial charge in [-0.25, -0.2) is 9.59 Å². The van der Waals surface area contributed by atoms with Gasteiger partial charge >= 0.3 is 12.1 Å². The van der Waals surface area contributed by atoms with Crippen LogP contribution >= 0.6 is 0 Å². The second-order valence-corrected chi connectivity index (χ2v) is 7.62. The fourth-order valence-electron chi connectivity index (χ4n) is 2.75. The van der Waals surface area contributed by atoms with E-state index in [1.165, 1.54) is 5.56 Å². The Bertz CT molecular complexity index is 617. The van der Waals surface area contributed by atoms with Crippen LogP contribution in [-0.2, 0) is 11.2 Å². The molecule has 1 aromatic carbocycles. The number of carbonyl (C=O) groups excluding carboxylic acids is 2. The zero-order valence-electron chi connectivity index (χ0n) is 16.8. The number of urea groups is 1. The third-order valence-corrected chi connectivity index (χ3v) is 4.14. The van der Waals surface area contributed by atoms with Gasteiger partial charge in [-0.05, 0) is 44.9 Å². The summed E-state index contributed by atoms with van der Waals surface area (Å²) in [6.07, 6.45) is 1.82. The number of ether oxygens (including phenoxy) is 2. The number of nitrogens with one attached hydrogen (secondary N) is 1. The number of piperazine rings is 1. The maximum atomic E-state index is 12.2. The second kappa shape index (κ2) is 9.48. The number of aryl methyl sites for hydroxylation is 1. The predicted octanol–water partition coefficient (Wildman–Crippen LogP) is 3.24. The molecule has 0 aromatic heterocycles. The minimum Gasteiger partial charge on any atom is -0.473 e. The minimum absolute atomic E-state index is 0.109. The van der Waals surface area contributed by atoms with E-state index in [0.29, 0.717) is 26.2 Å². The largest absolute Gasteiger partial charge is 0.473 e. The lowest BCUT2D eigenvalue weighted by molar-refractivity contribution is 0.0168. The van der Waals surface area contributed by atoms with Gasteiger partial charge in [0.15, 0.2) is 6.73 Å². The minimum atomic E-state index is -0.516. The molecule has 2 rings (SSSR count). The van der Waals surface area contributed by atoms with Crippen LogP contribution in [-0.4, -0.2) is 60.4 Å². The summed E-state index contributed by atoms with van der Waals surface area (Å²) in [6, 6.07) is 7.71. The highest BCUT2D eigenvalue weighted by atomic mass is 16.6. The number of amides is 3. The molecule has 1 saturated heterocycles. The van der Waals surface area contributed by atoms with Gasteiger partial charge in [-0.1, -0.05) is 25.5 Å². The van der Waals surface area contributed by atoms with Gasteiger partial charge in [-0.3, -0.25) is 0 Å². The molecule has 0 radical (unpaired) electrons. The molecule has 1 aromatic rings. The monoisotopic (exact) mass is 377 g/mol. The smallest absolute Gasteiger partial charge is 0.410 e. The summed E-state index contributed by atoms with van der Waals surface area (Å²) in [4.78, 5) is 27.6. The maximum absolute atomic E-state index is 12.2. The van der Waals surface area contributed by atoms with Crippen molar-refractivity contribution >= 4 is 12.1 Å². The van der Waals surface area contributed by atoms with E-state index in [1.807, 2.05) is 45.0 Å². The summed E-state index contributed by atoms with van der Waals surface area (Å²) in [6.45, 7) is 9.63. The number of hydrogen-bond acceptors (Lipinski definition) is 4. The maximum Gasteiger partial charge on any atom is 0.410 e. The van der Waals surface area contributed by atoms with E-state index >= 15 is 0 Å². The van der Waals surface area contributed by atoms with Crippen molar-refractivity contribution in [3.05, 3.63) is 29.8 Å². The average Bonchev–Trinajstić information content (AvgIpc) is 2.62. The third kappa shape index (κ3) is 7.00. The molecule has 150 valence electrons. The van der Waals surface area contributed by atoms with Crippen LogP contribution in [0.3, 0.4) is 0 Å². The molecule has 7 nitrogen and oxygen atoms in total. The zero-order valence-corrected chi connectivity index (χ0v) is 16.8. The predicted molar refractivity (Wildman–Crippen MR) is 104 cm³/mol. The average molecular weight is 377 g/mol. The Kier molecular flexibility index (Phi) is 7.33. The molecule has 3 amide bonds. The van der Waals surface area contributed by atoms with Crippen LogP contribution in [0.2, 0.25) is 0 Å². The number of hydrogen-bond donors (Lipinski definition) is 1. The molecule has 0 aliphatic carbocycles. The highest BCUT2D eigenvalue weighted by Gasteiger charge is 2.27. The van der Waals surface area contributed by atoms with Crippen molar-refractivity contribution in [1.82, 2.24) is 15.1 Å². The summed E-state index contributed by atoms with van der Waals surface area (Å²) >= 11 is 0. The summed E-state index contributed by atoms with van der Waals surface area (Å²) < 4.78 is 10.9. The highest BCUT2D eigenvalue weighted by Crippen LogP contribution is 2.14. The molecule has 27 heavy (non-hydrogen) atoms. The van der Waals surface area contributed by atoms with Gasteiger partial charge in [0.05, 0.1) is 0 Å². The highest BCUT2D eigenvalue weighted by molar-refractivity contribution is 5.75. The Morgan fingerprint density at radius 3 is 2.19 bits per heavy atom. The van der Waals surface area contributed by atoms with E-state index in [1.54, 1.807) is 9.80 Å². The molecule has 1 fully saturated rings. The first kappa shape index (κ1) is 20.9. The lowest BCUT2D eigenvalue weighted by Gasteiger charge is -2.35. The van der Waals surface area contributed by atoms with Crippen molar-refractivity contribution in [1.29, 1.82) is 0 Å². The fraction of sp³-hybridized carbons (Fsp3) is 0.600. The lowest BCUT2D eigenvalue weighted by atomic mass is 10.1. The van der Waals surface area contributed by atoms with E-state index in [4.69, 9.17) is 9.47 Å². The van der Waals surface area contributed by atoms with Gasteiger partial charge in [0.25, 0.3) is 0 Å². The van der Waals surface area contributed by atoms with Crippen molar-refractivity contribution in [2.45, 2.75) is 46.1 Å². The van der Waals surface area contributed by atoms with Crippen LogP contribution in [0.25, 0.3) is 0 Å². The number of benzene rings is 1. The van der Waals surface area contributed by atoms with Crippen LogP contribution in [0, 0.1) is 0 Å². The molecule has 1 N–H and O–H groups in total. The Balaban J connectivity index is 1.69. The summed E-state index contributed by atoms with van der Waals surface area (Å²) in [5.41, 5.74) is 0.759. The Morgan fingerprint density at radius 1 is 1.04 bits per heavy atom. The van der Waals surface area contributed by atoms with Gasteiger partial charge in [0.1, 0.15) is 11.4 Å². The zero-order chi connectivity index (χ0) is 19.9. The number of nitrogens with zero attached hydrogens (tertiary/aromatic N) is 2. The number of carbonyl (C=O) groups is 2. The molecule has 1 aliphatic rings. The van der Waals surface area contributed by atoms with E-state index < -0.39 is 5.60 Å². The lowest BCUT2D eigenvalue weighted by Crippen LogP contribution is -2.54. The molecule has 1 heterocycles. The summed E-state index contributed by atoms with van der Waals surface area (Å²) in [5, 5.41) is 2.75. The SMILES string of the molecule is CCCc1ccc(OCNC(=O)N2CCN(C(=O)OC(C)(C)C)CC2)cc1. The third-order valence-electron chi connectivity index (χ3n) is 4.14. The van der Waals surface area contributed by atoms with Gasteiger partial charge in [-0.15, -0.1) is 0 Å². The van der Waals surface area contributed by atoms with E-state index in [2.05, 4.69) is 12.2 Å². The molecular weight excluding hydrogens is 346 g/mol. The topological polar surface area (TPSA) is 71.1 Å².